The predicted molar refractivity (Wildman–Crippen MR) is 77.8 cm³/mol. The normalized spacial score (nSPS) is 26.6. The van der Waals surface area contributed by atoms with Crippen LogP contribution in [0, 0.1) is 5.41 Å². The first-order chi connectivity index (χ1) is 10.1. The average Bonchev–Trinajstić information content (AvgIpc) is 2.79. The molecule has 1 spiro atoms. The second-order valence-electron chi connectivity index (χ2n) is 6.53. The van der Waals surface area contributed by atoms with Gasteiger partial charge in [-0.2, -0.15) is 0 Å². The van der Waals surface area contributed by atoms with Crippen LogP contribution in [0.4, 0.5) is 0 Å². The Kier molecular flexibility index (Phi) is 4.17. The number of nitrogens with zero attached hydrogens (tertiary/aromatic N) is 3. The Hall–Kier alpha value is -1.14. The molecule has 3 aliphatic rings. The molecule has 3 heterocycles. The molecule has 0 aromatic rings. The Morgan fingerprint density at radius 3 is 2.29 bits per heavy atom. The van der Waals surface area contributed by atoms with Gasteiger partial charge in [-0.1, -0.05) is 0 Å². The van der Waals surface area contributed by atoms with Gasteiger partial charge in [-0.15, -0.1) is 0 Å². The summed E-state index contributed by atoms with van der Waals surface area (Å²) in [6.07, 6.45) is 2.77. The third-order valence-corrected chi connectivity index (χ3v) is 5.26. The molecule has 3 rings (SSSR count). The Labute approximate surface area is 126 Å². The minimum Gasteiger partial charge on any atom is -0.378 e. The molecule has 2 amide bonds. The minimum atomic E-state index is -0.132. The van der Waals surface area contributed by atoms with E-state index in [9.17, 15) is 9.59 Å². The van der Waals surface area contributed by atoms with E-state index in [1.165, 1.54) is 0 Å². The molecular weight excluding hydrogens is 270 g/mol. The van der Waals surface area contributed by atoms with E-state index in [0.29, 0.717) is 38.8 Å². The minimum absolute atomic E-state index is 0.132. The van der Waals surface area contributed by atoms with Crippen molar-refractivity contribution < 1.29 is 14.3 Å². The van der Waals surface area contributed by atoms with Crippen molar-refractivity contribution in [2.45, 2.75) is 19.3 Å². The van der Waals surface area contributed by atoms with Crippen LogP contribution in [0.3, 0.4) is 0 Å². The van der Waals surface area contributed by atoms with E-state index in [-0.39, 0.29) is 11.3 Å². The Morgan fingerprint density at radius 2 is 1.71 bits per heavy atom. The summed E-state index contributed by atoms with van der Waals surface area (Å²) < 4.78 is 5.28. The number of amides is 2. The van der Waals surface area contributed by atoms with Gasteiger partial charge in [0, 0.05) is 26.7 Å². The highest BCUT2D eigenvalue weighted by Gasteiger charge is 2.46. The van der Waals surface area contributed by atoms with Crippen LogP contribution in [0.5, 0.6) is 0 Å². The first-order valence-electron chi connectivity index (χ1n) is 7.94. The van der Waals surface area contributed by atoms with Gasteiger partial charge in [0.25, 0.3) is 0 Å². The maximum absolute atomic E-state index is 12.3. The van der Waals surface area contributed by atoms with Crippen LogP contribution in [0.2, 0.25) is 0 Å². The lowest BCUT2D eigenvalue weighted by Crippen LogP contribution is -2.49. The molecular formula is C15H25N3O3. The number of ether oxygens (including phenoxy) is 1. The highest BCUT2D eigenvalue weighted by atomic mass is 16.5. The van der Waals surface area contributed by atoms with Crippen molar-refractivity contribution >= 4 is 11.8 Å². The third kappa shape index (κ3) is 2.92. The molecule has 0 N–H and O–H groups in total. The summed E-state index contributed by atoms with van der Waals surface area (Å²) in [5, 5.41) is 0. The monoisotopic (exact) mass is 295 g/mol. The Bertz CT molecular complexity index is 412. The number of carbonyl (C=O) groups excluding carboxylic acids is 2. The summed E-state index contributed by atoms with van der Waals surface area (Å²) in [4.78, 5) is 30.5. The molecule has 3 saturated heterocycles. The second-order valence-corrected chi connectivity index (χ2v) is 6.53. The van der Waals surface area contributed by atoms with Crippen LogP contribution < -0.4 is 0 Å². The zero-order valence-electron chi connectivity index (χ0n) is 12.8. The second kappa shape index (κ2) is 5.93. The number of likely N-dealkylation sites (tertiary alicyclic amines) is 2. The Morgan fingerprint density at radius 1 is 1.10 bits per heavy atom. The van der Waals surface area contributed by atoms with E-state index in [4.69, 9.17) is 4.74 Å². The maximum atomic E-state index is 12.3. The van der Waals surface area contributed by atoms with E-state index >= 15 is 0 Å². The van der Waals surface area contributed by atoms with E-state index in [1.807, 2.05) is 16.8 Å². The average molecular weight is 295 g/mol. The van der Waals surface area contributed by atoms with Crippen molar-refractivity contribution in [1.82, 2.24) is 14.7 Å². The molecule has 118 valence electrons. The highest BCUT2D eigenvalue weighted by Crippen LogP contribution is 2.40. The quantitative estimate of drug-likeness (QED) is 0.707. The number of morpholine rings is 1. The van der Waals surface area contributed by atoms with Gasteiger partial charge in [0.1, 0.15) is 0 Å². The summed E-state index contributed by atoms with van der Waals surface area (Å²) in [7, 11) is 1.89. The van der Waals surface area contributed by atoms with Gasteiger partial charge in [0.2, 0.25) is 11.8 Å². The lowest BCUT2D eigenvalue weighted by atomic mass is 9.77. The summed E-state index contributed by atoms with van der Waals surface area (Å²) in [5.74, 6) is 0.505. The summed E-state index contributed by atoms with van der Waals surface area (Å²) in [5.41, 5.74) is -0.132. The number of hydrogen-bond donors (Lipinski definition) is 0. The van der Waals surface area contributed by atoms with Crippen LogP contribution in [-0.2, 0) is 14.3 Å². The van der Waals surface area contributed by atoms with Crippen molar-refractivity contribution in [2.75, 3.05) is 59.5 Å². The van der Waals surface area contributed by atoms with Crippen molar-refractivity contribution in [3.63, 3.8) is 0 Å². The van der Waals surface area contributed by atoms with Crippen LogP contribution in [0.25, 0.3) is 0 Å². The van der Waals surface area contributed by atoms with Crippen LogP contribution in [-0.4, -0.2) is 86.0 Å². The topological polar surface area (TPSA) is 53.1 Å². The maximum Gasteiger partial charge on any atom is 0.236 e. The fourth-order valence-corrected chi connectivity index (χ4v) is 3.70. The van der Waals surface area contributed by atoms with Crippen molar-refractivity contribution in [3.8, 4) is 0 Å². The van der Waals surface area contributed by atoms with Crippen LogP contribution in [0.1, 0.15) is 19.3 Å². The third-order valence-electron chi connectivity index (χ3n) is 5.26. The van der Waals surface area contributed by atoms with E-state index in [0.717, 1.165) is 38.9 Å². The van der Waals surface area contributed by atoms with Gasteiger partial charge < -0.3 is 14.5 Å². The lowest BCUT2D eigenvalue weighted by Gasteiger charge is -2.38. The smallest absolute Gasteiger partial charge is 0.236 e. The summed E-state index contributed by atoms with van der Waals surface area (Å²) in [6.45, 7) is 5.79. The van der Waals surface area contributed by atoms with E-state index in [2.05, 4.69) is 4.90 Å². The Balaban J connectivity index is 1.50. The zero-order chi connectivity index (χ0) is 14.9. The van der Waals surface area contributed by atoms with E-state index in [1.54, 1.807) is 0 Å². The van der Waals surface area contributed by atoms with Crippen LogP contribution in [0.15, 0.2) is 0 Å². The first-order valence-corrected chi connectivity index (χ1v) is 7.94. The van der Waals surface area contributed by atoms with Crippen LogP contribution >= 0.6 is 0 Å². The molecule has 0 aliphatic carbocycles. The largest absolute Gasteiger partial charge is 0.378 e. The molecule has 21 heavy (non-hydrogen) atoms. The van der Waals surface area contributed by atoms with E-state index < -0.39 is 0 Å². The molecule has 3 fully saturated rings. The molecule has 6 heteroatoms. The molecule has 0 unspecified atom stereocenters. The van der Waals surface area contributed by atoms with Crippen molar-refractivity contribution in [2.24, 2.45) is 5.41 Å². The molecule has 0 bridgehead atoms. The van der Waals surface area contributed by atoms with Gasteiger partial charge in [-0.25, -0.2) is 0 Å². The number of rotatable bonds is 2. The van der Waals surface area contributed by atoms with Gasteiger partial charge in [-0.05, 0) is 32.4 Å². The van der Waals surface area contributed by atoms with Gasteiger partial charge >= 0.3 is 0 Å². The number of carbonyl (C=O) groups is 2. The fourth-order valence-electron chi connectivity index (χ4n) is 3.70. The highest BCUT2D eigenvalue weighted by molar-refractivity contribution is 5.84. The summed E-state index contributed by atoms with van der Waals surface area (Å²) >= 11 is 0. The number of piperidine rings is 1. The van der Waals surface area contributed by atoms with Gasteiger partial charge in [0.05, 0.1) is 25.2 Å². The zero-order valence-corrected chi connectivity index (χ0v) is 12.8. The van der Waals surface area contributed by atoms with Gasteiger partial charge in [-0.3, -0.25) is 14.5 Å². The SMILES string of the molecule is CN1CCC2(CCN(CC(=O)N3CCOCC3)CC2)C1=O. The fraction of sp³-hybridized carbons (Fsp3) is 0.867. The molecule has 6 nitrogen and oxygen atoms in total. The predicted octanol–water partition coefficient (Wildman–Crippen LogP) is -0.210. The molecule has 0 radical (unpaired) electrons. The first kappa shape index (κ1) is 14.8. The summed E-state index contributed by atoms with van der Waals surface area (Å²) in [6, 6.07) is 0. The standard InChI is InChI=1S/C15H25N3O3/c1-16-5-2-15(14(16)20)3-6-17(7-4-15)12-13(19)18-8-10-21-11-9-18/h2-12H2,1H3. The van der Waals surface area contributed by atoms with Crippen molar-refractivity contribution in [1.29, 1.82) is 0 Å². The molecule has 0 aromatic carbocycles. The molecule has 0 saturated carbocycles. The lowest BCUT2D eigenvalue weighted by molar-refractivity contribution is -0.139. The van der Waals surface area contributed by atoms with Gasteiger partial charge in [0.15, 0.2) is 0 Å². The molecule has 3 aliphatic heterocycles. The number of hydrogen-bond acceptors (Lipinski definition) is 4. The molecule has 0 atom stereocenters. The van der Waals surface area contributed by atoms with Crippen molar-refractivity contribution in [3.05, 3.63) is 0 Å². The molecule has 0 aromatic heterocycles.